The molecule has 0 radical (unpaired) electrons. The van der Waals surface area contributed by atoms with Crippen LogP contribution in [0.5, 0.6) is 11.5 Å². The van der Waals surface area contributed by atoms with Gasteiger partial charge in [0.05, 0.1) is 18.1 Å². The third-order valence-corrected chi connectivity index (χ3v) is 6.15. The van der Waals surface area contributed by atoms with Crippen molar-refractivity contribution in [2.45, 2.75) is 32.8 Å². The lowest BCUT2D eigenvalue weighted by atomic mass is 10.1. The van der Waals surface area contributed by atoms with E-state index in [9.17, 15) is 24.8 Å². The molecular formula is C30H35N3O8. The zero-order chi connectivity index (χ0) is 29.6. The highest BCUT2D eigenvalue weighted by Gasteiger charge is 2.19. The number of para-hydroxylation sites is 1. The summed E-state index contributed by atoms with van der Waals surface area (Å²) in [6.45, 7) is 4.89. The predicted octanol–water partition coefficient (Wildman–Crippen LogP) is 5.32. The Morgan fingerprint density at radius 1 is 0.976 bits per heavy atom. The van der Waals surface area contributed by atoms with Crippen LogP contribution in [0.2, 0.25) is 0 Å². The number of benzene rings is 3. The number of ether oxygens (including phenoxy) is 3. The molecule has 218 valence electrons. The van der Waals surface area contributed by atoms with E-state index in [0.717, 1.165) is 11.3 Å². The Hall–Kier alpha value is -4.64. The number of anilines is 1. The molecule has 0 aliphatic rings. The van der Waals surface area contributed by atoms with E-state index in [4.69, 9.17) is 14.2 Å². The highest BCUT2D eigenvalue weighted by Crippen LogP contribution is 2.22. The van der Waals surface area contributed by atoms with Crippen LogP contribution in [-0.4, -0.2) is 65.9 Å². The van der Waals surface area contributed by atoms with Gasteiger partial charge in [0, 0.05) is 36.9 Å². The van der Waals surface area contributed by atoms with Gasteiger partial charge in [-0.3, -0.25) is 10.1 Å². The summed E-state index contributed by atoms with van der Waals surface area (Å²) in [5.41, 5.74) is 1.54. The predicted molar refractivity (Wildman–Crippen MR) is 154 cm³/mol. The number of carbonyl (C=O) groups is 2. The summed E-state index contributed by atoms with van der Waals surface area (Å²) in [4.78, 5) is 36.9. The molecule has 0 aromatic heterocycles. The molecule has 2 amide bonds. The topological polar surface area (TPSA) is 140 Å². The van der Waals surface area contributed by atoms with Crippen LogP contribution in [0.15, 0.2) is 72.8 Å². The first kappa shape index (κ1) is 30.9. The molecule has 0 aliphatic heterocycles. The molecule has 3 aromatic rings. The van der Waals surface area contributed by atoms with Crippen molar-refractivity contribution in [1.29, 1.82) is 0 Å². The zero-order valence-corrected chi connectivity index (χ0v) is 23.2. The second kappa shape index (κ2) is 15.8. The van der Waals surface area contributed by atoms with Crippen molar-refractivity contribution in [2.75, 3.05) is 38.2 Å². The van der Waals surface area contributed by atoms with Crippen LogP contribution in [0, 0.1) is 17.0 Å². The van der Waals surface area contributed by atoms with Gasteiger partial charge in [-0.1, -0.05) is 36.4 Å². The average molecular weight is 566 g/mol. The quantitative estimate of drug-likeness (QED) is 0.135. The van der Waals surface area contributed by atoms with Crippen molar-refractivity contribution in [3.63, 3.8) is 0 Å². The summed E-state index contributed by atoms with van der Waals surface area (Å²) in [5.74, 6) is 0.289. The number of carboxylic acids is 1. The summed E-state index contributed by atoms with van der Waals surface area (Å²) in [6, 6.07) is 20.5. The maximum Gasteiger partial charge on any atom is 0.333 e. The van der Waals surface area contributed by atoms with Crippen LogP contribution in [-0.2, 0) is 16.0 Å². The Morgan fingerprint density at radius 3 is 2.32 bits per heavy atom. The summed E-state index contributed by atoms with van der Waals surface area (Å²) >= 11 is 0. The van der Waals surface area contributed by atoms with Crippen molar-refractivity contribution in [2.24, 2.45) is 0 Å². The van der Waals surface area contributed by atoms with Gasteiger partial charge in [-0.25, -0.2) is 9.59 Å². The van der Waals surface area contributed by atoms with E-state index in [-0.39, 0.29) is 25.3 Å². The fraction of sp³-hybridized carbons (Fsp3) is 0.333. The Kier molecular flexibility index (Phi) is 11.9. The van der Waals surface area contributed by atoms with Gasteiger partial charge >= 0.3 is 12.0 Å². The fourth-order valence-electron chi connectivity index (χ4n) is 3.99. The standard InChI is InChI=1S/C30H35N3O8/c1-3-39-28(29(34)35)20-23-11-14-26(15-12-23)41-19-17-32(16-7-18-40-25-8-5-4-6-9-25)30(36)31-24-13-10-22(2)27(21-24)33(37)38/h4-6,8-15,21,28H,3,7,16-20H2,1-2H3,(H,31,36)(H,34,35). The number of aliphatic carboxylic acids is 1. The highest BCUT2D eigenvalue weighted by atomic mass is 16.6. The van der Waals surface area contributed by atoms with Crippen LogP contribution in [0.4, 0.5) is 16.2 Å². The minimum Gasteiger partial charge on any atom is -0.494 e. The van der Waals surface area contributed by atoms with Gasteiger partial charge in [0.15, 0.2) is 6.10 Å². The summed E-state index contributed by atoms with van der Waals surface area (Å²) in [6.07, 6.45) is -0.130. The lowest BCUT2D eigenvalue weighted by Crippen LogP contribution is -2.39. The van der Waals surface area contributed by atoms with Crippen molar-refractivity contribution >= 4 is 23.4 Å². The van der Waals surface area contributed by atoms with E-state index >= 15 is 0 Å². The van der Waals surface area contributed by atoms with Gasteiger partial charge in [0.2, 0.25) is 0 Å². The SMILES string of the molecule is CCOC(Cc1ccc(OCCN(CCCOc2ccccc2)C(=O)Nc2ccc(C)c([N+](=O)[O-])c2)cc1)C(=O)O. The van der Waals surface area contributed by atoms with Crippen LogP contribution < -0.4 is 14.8 Å². The van der Waals surface area contributed by atoms with Crippen molar-refractivity contribution in [3.05, 3.63) is 94.0 Å². The monoisotopic (exact) mass is 565 g/mol. The van der Waals surface area contributed by atoms with Crippen molar-refractivity contribution in [1.82, 2.24) is 4.90 Å². The van der Waals surface area contributed by atoms with Crippen LogP contribution >= 0.6 is 0 Å². The largest absolute Gasteiger partial charge is 0.494 e. The number of nitro benzene ring substituents is 1. The van der Waals surface area contributed by atoms with Gasteiger partial charge in [-0.05, 0) is 56.2 Å². The average Bonchev–Trinajstić information content (AvgIpc) is 2.96. The molecule has 0 fully saturated rings. The normalized spacial score (nSPS) is 11.4. The van der Waals surface area contributed by atoms with Crippen molar-refractivity contribution in [3.8, 4) is 11.5 Å². The third-order valence-electron chi connectivity index (χ3n) is 6.15. The van der Waals surface area contributed by atoms with Gasteiger partial charge in [-0.2, -0.15) is 0 Å². The van der Waals surface area contributed by atoms with E-state index in [2.05, 4.69) is 5.32 Å². The number of hydrogen-bond donors (Lipinski definition) is 2. The Morgan fingerprint density at radius 2 is 1.66 bits per heavy atom. The number of urea groups is 1. The molecule has 41 heavy (non-hydrogen) atoms. The third kappa shape index (κ3) is 10.1. The number of rotatable bonds is 16. The molecule has 11 nitrogen and oxygen atoms in total. The lowest BCUT2D eigenvalue weighted by Gasteiger charge is -2.23. The first-order valence-corrected chi connectivity index (χ1v) is 13.3. The molecule has 0 heterocycles. The van der Waals surface area contributed by atoms with Crippen LogP contribution in [0.3, 0.4) is 0 Å². The lowest BCUT2D eigenvalue weighted by molar-refractivity contribution is -0.385. The molecule has 0 saturated heterocycles. The molecule has 0 aliphatic carbocycles. The highest BCUT2D eigenvalue weighted by molar-refractivity contribution is 5.89. The van der Waals surface area contributed by atoms with Gasteiger partial charge < -0.3 is 29.5 Å². The second-order valence-electron chi connectivity index (χ2n) is 9.17. The number of amides is 2. The van der Waals surface area contributed by atoms with E-state index in [0.29, 0.717) is 43.2 Å². The summed E-state index contributed by atoms with van der Waals surface area (Å²) in [7, 11) is 0. The molecule has 0 saturated carbocycles. The molecule has 3 rings (SSSR count). The number of aryl methyl sites for hydroxylation is 1. The molecule has 1 atom stereocenters. The zero-order valence-electron chi connectivity index (χ0n) is 23.2. The van der Waals surface area contributed by atoms with Crippen LogP contribution in [0.1, 0.15) is 24.5 Å². The van der Waals surface area contributed by atoms with E-state index < -0.39 is 23.0 Å². The smallest absolute Gasteiger partial charge is 0.333 e. The number of hydrogen-bond acceptors (Lipinski definition) is 7. The van der Waals surface area contributed by atoms with Crippen molar-refractivity contribution < 1.29 is 33.8 Å². The first-order valence-electron chi connectivity index (χ1n) is 13.3. The molecule has 1 unspecified atom stereocenters. The summed E-state index contributed by atoms with van der Waals surface area (Å²) in [5, 5.41) is 23.3. The molecule has 2 N–H and O–H groups in total. The number of nitrogens with one attached hydrogen (secondary N) is 1. The number of carbonyl (C=O) groups excluding carboxylic acids is 1. The Bertz CT molecular complexity index is 1280. The minimum absolute atomic E-state index is 0.0756. The number of nitro groups is 1. The minimum atomic E-state index is -1.01. The van der Waals surface area contributed by atoms with E-state index in [1.54, 1.807) is 55.1 Å². The number of carboxylic acid groups (broad SMARTS) is 1. The molecular weight excluding hydrogens is 530 g/mol. The van der Waals surface area contributed by atoms with Gasteiger partial charge in [-0.15, -0.1) is 0 Å². The number of nitrogens with zero attached hydrogens (tertiary/aromatic N) is 2. The first-order chi connectivity index (χ1) is 19.8. The fourth-order valence-corrected chi connectivity index (χ4v) is 3.99. The molecule has 11 heteroatoms. The maximum absolute atomic E-state index is 13.1. The van der Waals surface area contributed by atoms with Gasteiger partial charge in [0.1, 0.15) is 18.1 Å². The second-order valence-corrected chi connectivity index (χ2v) is 9.17. The molecule has 0 bridgehead atoms. The maximum atomic E-state index is 13.1. The van der Waals surface area contributed by atoms with Crippen LogP contribution in [0.25, 0.3) is 0 Å². The van der Waals surface area contributed by atoms with E-state index in [1.165, 1.54) is 6.07 Å². The summed E-state index contributed by atoms with van der Waals surface area (Å²) < 4.78 is 16.9. The Labute approximate surface area is 238 Å². The molecule has 0 spiro atoms. The van der Waals surface area contributed by atoms with Gasteiger partial charge in [0.25, 0.3) is 5.69 Å². The Balaban J connectivity index is 1.59. The van der Waals surface area contributed by atoms with E-state index in [1.807, 2.05) is 30.3 Å². The molecule has 3 aromatic carbocycles.